The molecule has 1 aromatic rings. The van der Waals surface area contributed by atoms with E-state index in [4.69, 9.17) is 14.6 Å². The first-order valence-corrected chi connectivity index (χ1v) is 8.87. The molecular formula is C20H31NO5. The van der Waals surface area contributed by atoms with E-state index in [0.29, 0.717) is 18.7 Å². The van der Waals surface area contributed by atoms with Gasteiger partial charge in [-0.05, 0) is 23.1 Å². The maximum Gasteiger partial charge on any atom is 0.310 e. The van der Waals surface area contributed by atoms with Gasteiger partial charge < -0.3 is 19.5 Å². The van der Waals surface area contributed by atoms with E-state index in [0.717, 1.165) is 5.56 Å². The van der Waals surface area contributed by atoms with Crippen LogP contribution in [0.4, 0.5) is 0 Å². The van der Waals surface area contributed by atoms with Crippen LogP contribution in [-0.2, 0) is 19.7 Å². The molecule has 0 saturated carbocycles. The SMILES string of the molecule is COC(=O)C(C)CN(CCOCCO)C(=O)c1ccc(C(C)(C)C)cc1. The monoisotopic (exact) mass is 365 g/mol. The number of esters is 1. The first kappa shape index (κ1) is 22.1. The third-order valence-corrected chi connectivity index (χ3v) is 4.12. The van der Waals surface area contributed by atoms with Gasteiger partial charge in [-0.15, -0.1) is 0 Å². The summed E-state index contributed by atoms with van der Waals surface area (Å²) in [4.78, 5) is 26.2. The molecular weight excluding hydrogens is 334 g/mol. The Labute approximate surface area is 156 Å². The summed E-state index contributed by atoms with van der Waals surface area (Å²) in [5.41, 5.74) is 1.73. The largest absolute Gasteiger partial charge is 0.469 e. The van der Waals surface area contributed by atoms with Crippen molar-refractivity contribution in [1.29, 1.82) is 0 Å². The number of benzene rings is 1. The van der Waals surface area contributed by atoms with E-state index in [9.17, 15) is 9.59 Å². The van der Waals surface area contributed by atoms with Gasteiger partial charge in [0.1, 0.15) is 0 Å². The Kier molecular flexibility index (Phi) is 8.75. The van der Waals surface area contributed by atoms with Crippen LogP contribution in [0.2, 0.25) is 0 Å². The number of rotatable bonds is 9. The highest BCUT2D eigenvalue weighted by Gasteiger charge is 2.23. The summed E-state index contributed by atoms with van der Waals surface area (Å²) < 4.78 is 10.0. The number of aliphatic hydroxyl groups is 1. The van der Waals surface area contributed by atoms with Crippen LogP contribution in [0.25, 0.3) is 0 Å². The minimum absolute atomic E-state index is 0.0127. The Morgan fingerprint density at radius 3 is 2.27 bits per heavy atom. The predicted octanol–water partition coefficient (Wildman–Crippen LogP) is 2.24. The van der Waals surface area contributed by atoms with Gasteiger partial charge in [0, 0.05) is 18.7 Å². The minimum atomic E-state index is -0.435. The Hall–Kier alpha value is -1.92. The Morgan fingerprint density at radius 2 is 1.77 bits per heavy atom. The van der Waals surface area contributed by atoms with Crippen molar-refractivity contribution >= 4 is 11.9 Å². The van der Waals surface area contributed by atoms with Crippen LogP contribution in [0.1, 0.15) is 43.6 Å². The van der Waals surface area contributed by atoms with Crippen molar-refractivity contribution in [2.45, 2.75) is 33.1 Å². The second kappa shape index (κ2) is 10.3. The van der Waals surface area contributed by atoms with Gasteiger partial charge in [-0.3, -0.25) is 9.59 Å². The summed E-state index contributed by atoms with van der Waals surface area (Å²) in [5, 5.41) is 8.79. The van der Waals surface area contributed by atoms with E-state index in [2.05, 4.69) is 20.8 Å². The molecule has 0 spiro atoms. The molecule has 0 aliphatic carbocycles. The molecule has 0 bridgehead atoms. The molecule has 146 valence electrons. The van der Waals surface area contributed by atoms with E-state index in [-0.39, 0.29) is 37.0 Å². The lowest BCUT2D eigenvalue weighted by molar-refractivity contribution is -0.145. The lowest BCUT2D eigenvalue weighted by Gasteiger charge is -2.25. The molecule has 1 amide bonds. The van der Waals surface area contributed by atoms with E-state index in [1.54, 1.807) is 11.8 Å². The van der Waals surface area contributed by atoms with Crippen molar-refractivity contribution in [3.8, 4) is 0 Å². The lowest BCUT2D eigenvalue weighted by Crippen LogP contribution is -2.39. The van der Waals surface area contributed by atoms with Crippen molar-refractivity contribution in [2.75, 3.05) is 40.0 Å². The zero-order chi connectivity index (χ0) is 19.7. The fraction of sp³-hybridized carbons (Fsp3) is 0.600. The first-order chi connectivity index (χ1) is 12.2. The van der Waals surface area contributed by atoms with Crippen molar-refractivity contribution in [3.63, 3.8) is 0 Å². The van der Waals surface area contributed by atoms with E-state index in [1.807, 2.05) is 24.3 Å². The Balaban J connectivity index is 2.89. The summed E-state index contributed by atoms with van der Waals surface area (Å²) in [6.45, 7) is 9.10. The van der Waals surface area contributed by atoms with Crippen LogP contribution in [0.3, 0.4) is 0 Å². The van der Waals surface area contributed by atoms with Crippen LogP contribution in [0.15, 0.2) is 24.3 Å². The first-order valence-electron chi connectivity index (χ1n) is 8.87. The summed E-state index contributed by atoms with van der Waals surface area (Å²) in [6.07, 6.45) is 0. The fourth-order valence-electron chi connectivity index (χ4n) is 2.52. The highest BCUT2D eigenvalue weighted by atomic mass is 16.5. The third kappa shape index (κ3) is 6.77. The number of hydrogen-bond acceptors (Lipinski definition) is 5. The number of carbonyl (C=O) groups excluding carboxylic acids is 2. The average molecular weight is 365 g/mol. The lowest BCUT2D eigenvalue weighted by atomic mass is 9.86. The van der Waals surface area contributed by atoms with Crippen molar-refractivity contribution in [2.24, 2.45) is 5.92 Å². The van der Waals surface area contributed by atoms with E-state index in [1.165, 1.54) is 7.11 Å². The zero-order valence-electron chi connectivity index (χ0n) is 16.4. The highest BCUT2D eigenvalue weighted by molar-refractivity contribution is 5.94. The third-order valence-electron chi connectivity index (χ3n) is 4.12. The van der Waals surface area contributed by atoms with Crippen molar-refractivity contribution in [3.05, 3.63) is 35.4 Å². The molecule has 1 atom stereocenters. The molecule has 0 saturated heterocycles. The average Bonchev–Trinajstić information content (AvgIpc) is 2.62. The molecule has 6 heteroatoms. The van der Waals surface area contributed by atoms with Crippen molar-refractivity contribution < 1.29 is 24.2 Å². The number of carbonyl (C=O) groups is 2. The Morgan fingerprint density at radius 1 is 1.15 bits per heavy atom. The number of amides is 1. The van der Waals surface area contributed by atoms with Crippen LogP contribution in [0, 0.1) is 5.92 Å². The topological polar surface area (TPSA) is 76.1 Å². The predicted molar refractivity (Wildman–Crippen MR) is 100 cm³/mol. The van der Waals surface area contributed by atoms with Crippen LogP contribution >= 0.6 is 0 Å². The zero-order valence-corrected chi connectivity index (χ0v) is 16.4. The summed E-state index contributed by atoms with van der Waals surface area (Å²) >= 11 is 0. The number of aliphatic hydroxyl groups excluding tert-OH is 1. The number of methoxy groups -OCH3 is 1. The van der Waals surface area contributed by atoms with E-state index < -0.39 is 5.92 Å². The number of nitrogens with zero attached hydrogens (tertiary/aromatic N) is 1. The van der Waals surface area contributed by atoms with Gasteiger partial charge in [0.15, 0.2) is 0 Å². The van der Waals surface area contributed by atoms with Gasteiger partial charge in [0.05, 0.1) is 32.8 Å². The second-order valence-electron chi connectivity index (χ2n) is 7.34. The minimum Gasteiger partial charge on any atom is -0.469 e. The maximum atomic E-state index is 12.9. The molecule has 0 fully saturated rings. The van der Waals surface area contributed by atoms with Crippen LogP contribution < -0.4 is 0 Å². The molecule has 0 radical (unpaired) electrons. The number of hydrogen-bond donors (Lipinski definition) is 1. The molecule has 1 rings (SSSR count). The molecule has 0 aromatic heterocycles. The number of ether oxygens (including phenoxy) is 2. The highest BCUT2D eigenvalue weighted by Crippen LogP contribution is 2.22. The molecule has 1 aromatic carbocycles. The van der Waals surface area contributed by atoms with Gasteiger partial charge in [0.2, 0.25) is 0 Å². The fourth-order valence-corrected chi connectivity index (χ4v) is 2.52. The van der Waals surface area contributed by atoms with Gasteiger partial charge in [0.25, 0.3) is 5.91 Å². The molecule has 1 N–H and O–H groups in total. The van der Waals surface area contributed by atoms with Gasteiger partial charge in [-0.1, -0.05) is 39.8 Å². The Bertz CT molecular complexity index is 577. The quantitative estimate of drug-likeness (QED) is 0.536. The van der Waals surface area contributed by atoms with Gasteiger partial charge in [-0.25, -0.2) is 0 Å². The van der Waals surface area contributed by atoms with Crippen LogP contribution in [0.5, 0.6) is 0 Å². The van der Waals surface area contributed by atoms with Crippen molar-refractivity contribution in [1.82, 2.24) is 4.90 Å². The summed E-state index contributed by atoms with van der Waals surface area (Å²) in [6, 6.07) is 7.54. The normalized spacial score (nSPS) is 12.5. The van der Waals surface area contributed by atoms with Gasteiger partial charge in [-0.2, -0.15) is 0 Å². The second-order valence-corrected chi connectivity index (χ2v) is 7.34. The standard InChI is InChI=1S/C20H31NO5/c1-15(19(24)25-5)14-21(10-12-26-13-11-22)18(23)16-6-8-17(9-7-16)20(2,3)4/h6-9,15,22H,10-14H2,1-5H3. The smallest absolute Gasteiger partial charge is 0.310 e. The molecule has 1 unspecified atom stereocenters. The molecule has 6 nitrogen and oxygen atoms in total. The van der Waals surface area contributed by atoms with Gasteiger partial charge >= 0.3 is 5.97 Å². The summed E-state index contributed by atoms with van der Waals surface area (Å²) in [7, 11) is 1.33. The van der Waals surface area contributed by atoms with E-state index >= 15 is 0 Å². The molecule has 0 aliphatic rings. The molecule has 0 heterocycles. The maximum absolute atomic E-state index is 12.9. The molecule has 0 aliphatic heterocycles. The van der Waals surface area contributed by atoms with Crippen LogP contribution in [-0.4, -0.2) is 61.9 Å². The molecule has 26 heavy (non-hydrogen) atoms. The summed E-state index contributed by atoms with van der Waals surface area (Å²) in [5.74, 6) is -0.952.